The third-order valence-electron chi connectivity index (χ3n) is 6.18. The van der Waals surface area contributed by atoms with Gasteiger partial charge in [-0.05, 0) is 44.4 Å². The van der Waals surface area contributed by atoms with Crippen LogP contribution in [0.15, 0.2) is 36.5 Å². The molecule has 1 fully saturated rings. The van der Waals surface area contributed by atoms with Crippen molar-refractivity contribution in [3.8, 4) is 11.3 Å². The van der Waals surface area contributed by atoms with E-state index in [1.165, 1.54) is 0 Å². The van der Waals surface area contributed by atoms with Crippen LogP contribution in [0.2, 0.25) is 0 Å². The number of nitrogens with zero attached hydrogens (tertiary/aromatic N) is 5. The Labute approximate surface area is 181 Å². The first-order chi connectivity index (χ1) is 14.9. The molecule has 2 N–H and O–H groups in total. The molecule has 4 heterocycles. The lowest BCUT2D eigenvalue weighted by molar-refractivity contribution is 0.0996. The summed E-state index contributed by atoms with van der Waals surface area (Å²) in [6, 6.07) is 10.0. The average molecular weight is 415 g/mol. The van der Waals surface area contributed by atoms with Crippen LogP contribution in [0.5, 0.6) is 0 Å². The van der Waals surface area contributed by atoms with E-state index in [0.717, 1.165) is 53.2 Å². The first kappa shape index (κ1) is 19.6. The fourth-order valence-electron chi connectivity index (χ4n) is 4.60. The summed E-state index contributed by atoms with van der Waals surface area (Å²) in [4.78, 5) is 31.2. The third-order valence-corrected chi connectivity index (χ3v) is 6.18. The lowest BCUT2D eigenvalue weighted by atomic mass is 9.95. The molecule has 31 heavy (non-hydrogen) atoms. The van der Waals surface area contributed by atoms with Gasteiger partial charge in [-0.1, -0.05) is 18.2 Å². The van der Waals surface area contributed by atoms with E-state index in [1.807, 2.05) is 25.1 Å². The number of aryl methyl sites for hydroxylation is 3. The molecule has 1 saturated heterocycles. The Balaban J connectivity index is 1.55. The van der Waals surface area contributed by atoms with Crippen LogP contribution in [0.4, 0.5) is 11.8 Å². The summed E-state index contributed by atoms with van der Waals surface area (Å²) in [7, 11) is 0. The highest BCUT2D eigenvalue weighted by Gasteiger charge is 2.33. The van der Waals surface area contributed by atoms with Crippen LogP contribution < -0.4 is 15.5 Å². The number of pyridine rings is 1. The SMILES string of the molecule is Cc1cc(N2Cc3c(ccnc3-c3c(C)cccc3C)C2=O)nc(N2CCC(N)C2)n1. The zero-order valence-electron chi connectivity index (χ0n) is 18.1. The van der Waals surface area contributed by atoms with Gasteiger partial charge in [-0.15, -0.1) is 0 Å². The lowest BCUT2D eigenvalue weighted by Crippen LogP contribution is -2.29. The predicted molar refractivity (Wildman–Crippen MR) is 121 cm³/mol. The number of hydrogen-bond acceptors (Lipinski definition) is 6. The number of fused-ring (bicyclic) bond motifs is 1. The maximum absolute atomic E-state index is 13.4. The van der Waals surface area contributed by atoms with E-state index in [2.05, 4.69) is 40.8 Å². The van der Waals surface area contributed by atoms with Gasteiger partial charge in [0.1, 0.15) is 5.82 Å². The van der Waals surface area contributed by atoms with E-state index in [1.54, 1.807) is 11.1 Å². The molecule has 2 aromatic heterocycles. The van der Waals surface area contributed by atoms with E-state index >= 15 is 0 Å². The number of aromatic nitrogens is 3. The van der Waals surface area contributed by atoms with Crippen molar-refractivity contribution in [2.75, 3.05) is 22.9 Å². The van der Waals surface area contributed by atoms with Gasteiger partial charge >= 0.3 is 0 Å². The molecule has 7 heteroatoms. The molecule has 158 valence electrons. The molecule has 0 bridgehead atoms. The first-order valence-electron chi connectivity index (χ1n) is 10.6. The third kappa shape index (κ3) is 3.35. The zero-order chi connectivity index (χ0) is 21.7. The Hall–Kier alpha value is -3.32. The molecule has 1 aromatic carbocycles. The normalized spacial score (nSPS) is 18.1. The van der Waals surface area contributed by atoms with Gasteiger partial charge in [0.2, 0.25) is 5.95 Å². The molecule has 1 amide bonds. The molecule has 2 aliphatic heterocycles. The smallest absolute Gasteiger partial charge is 0.260 e. The van der Waals surface area contributed by atoms with Crippen molar-refractivity contribution in [2.45, 2.75) is 39.8 Å². The standard InChI is InChI=1S/C24H26N6O/c1-14-5-4-6-15(2)21(14)22-19-13-30(23(31)18(19)7-9-26-22)20-11-16(3)27-24(28-20)29-10-8-17(25)12-29/h4-7,9,11,17H,8,10,12-13,25H2,1-3H3. The first-order valence-corrected chi connectivity index (χ1v) is 10.6. The quantitative estimate of drug-likeness (QED) is 0.708. The monoisotopic (exact) mass is 414 g/mol. The predicted octanol–water partition coefficient (Wildman–Crippen LogP) is 3.16. The number of nitrogens with two attached hydrogens (primary N) is 1. The molecular weight excluding hydrogens is 388 g/mol. The van der Waals surface area contributed by atoms with E-state index in [0.29, 0.717) is 23.9 Å². The van der Waals surface area contributed by atoms with Crippen LogP contribution in [0, 0.1) is 20.8 Å². The highest BCUT2D eigenvalue weighted by Crippen LogP contribution is 2.36. The van der Waals surface area contributed by atoms with Crippen molar-refractivity contribution in [3.05, 3.63) is 64.5 Å². The summed E-state index contributed by atoms with van der Waals surface area (Å²) in [6.45, 7) is 8.11. The fraction of sp³-hybridized carbons (Fsp3) is 0.333. The summed E-state index contributed by atoms with van der Waals surface area (Å²) in [5, 5.41) is 0. The van der Waals surface area contributed by atoms with Crippen molar-refractivity contribution >= 4 is 17.7 Å². The minimum atomic E-state index is -0.0490. The van der Waals surface area contributed by atoms with E-state index < -0.39 is 0 Å². The molecule has 3 aromatic rings. The Morgan fingerprint density at radius 2 is 1.87 bits per heavy atom. The Bertz CT molecular complexity index is 1170. The molecule has 0 spiro atoms. The number of hydrogen-bond donors (Lipinski definition) is 1. The lowest BCUT2D eigenvalue weighted by Gasteiger charge is -2.20. The number of carbonyl (C=O) groups excluding carboxylic acids is 1. The van der Waals surface area contributed by atoms with Crippen molar-refractivity contribution in [1.29, 1.82) is 0 Å². The van der Waals surface area contributed by atoms with Crippen LogP contribution in [0.1, 0.15) is 39.2 Å². The Kier molecular flexibility index (Phi) is 4.70. The van der Waals surface area contributed by atoms with Gasteiger partial charge in [-0.25, -0.2) is 4.98 Å². The van der Waals surface area contributed by atoms with Gasteiger partial charge in [0.25, 0.3) is 5.91 Å². The second-order valence-corrected chi connectivity index (χ2v) is 8.51. The van der Waals surface area contributed by atoms with Crippen molar-refractivity contribution < 1.29 is 4.79 Å². The van der Waals surface area contributed by atoms with Gasteiger partial charge in [0.15, 0.2) is 0 Å². The van der Waals surface area contributed by atoms with Crippen LogP contribution in [0.25, 0.3) is 11.3 Å². The molecule has 0 aliphatic carbocycles. The summed E-state index contributed by atoms with van der Waals surface area (Å²) in [6.07, 6.45) is 2.65. The van der Waals surface area contributed by atoms with E-state index in [-0.39, 0.29) is 11.9 Å². The van der Waals surface area contributed by atoms with Gasteiger partial charge in [-0.3, -0.25) is 14.7 Å². The van der Waals surface area contributed by atoms with Gasteiger partial charge in [0, 0.05) is 53.8 Å². The average Bonchev–Trinajstić information content (AvgIpc) is 3.32. The maximum atomic E-state index is 13.4. The zero-order valence-corrected chi connectivity index (χ0v) is 18.1. The molecule has 1 atom stereocenters. The Morgan fingerprint density at radius 3 is 2.58 bits per heavy atom. The summed E-state index contributed by atoms with van der Waals surface area (Å²) >= 11 is 0. The van der Waals surface area contributed by atoms with Crippen LogP contribution in [-0.4, -0.2) is 40.0 Å². The van der Waals surface area contributed by atoms with Gasteiger partial charge < -0.3 is 10.6 Å². The molecule has 1 unspecified atom stereocenters. The van der Waals surface area contributed by atoms with Crippen LogP contribution in [0.3, 0.4) is 0 Å². The second-order valence-electron chi connectivity index (χ2n) is 8.51. The fourth-order valence-corrected chi connectivity index (χ4v) is 4.60. The highest BCUT2D eigenvalue weighted by atomic mass is 16.2. The maximum Gasteiger partial charge on any atom is 0.260 e. The molecule has 5 rings (SSSR count). The number of anilines is 2. The summed E-state index contributed by atoms with van der Waals surface area (Å²) in [5.41, 5.74) is 12.8. The summed E-state index contributed by atoms with van der Waals surface area (Å²) in [5.74, 6) is 1.21. The van der Waals surface area contributed by atoms with E-state index in [9.17, 15) is 4.79 Å². The van der Waals surface area contributed by atoms with Gasteiger partial charge in [-0.2, -0.15) is 4.98 Å². The van der Waals surface area contributed by atoms with Crippen molar-refractivity contribution in [1.82, 2.24) is 15.0 Å². The van der Waals surface area contributed by atoms with Crippen molar-refractivity contribution in [2.24, 2.45) is 5.73 Å². The Morgan fingerprint density at radius 1 is 1.10 bits per heavy atom. The minimum Gasteiger partial charge on any atom is -0.339 e. The number of benzene rings is 1. The highest BCUT2D eigenvalue weighted by molar-refractivity contribution is 6.10. The molecule has 2 aliphatic rings. The van der Waals surface area contributed by atoms with Gasteiger partial charge in [0.05, 0.1) is 12.2 Å². The minimum absolute atomic E-state index is 0.0490. The molecule has 0 radical (unpaired) electrons. The molecule has 7 nitrogen and oxygen atoms in total. The summed E-state index contributed by atoms with van der Waals surface area (Å²) < 4.78 is 0. The topological polar surface area (TPSA) is 88.2 Å². The van der Waals surface area contributed by atoms with E-state index in [4.69, 9.17) is 10.7 Å². The molecule has 0 saturated carbocycles. The van der Waals surface area contributed by atoms with Crippen molar-refractivity contribution in [3.63, 3.8) is 0 Å². The molecular formula is C24H26N6O. The number of amides is 1. The van der Waals surface area contributed by atoms with Crippen LogP contribution in [-0.2, 0) is 6.54 Å². The second kappa shape index (κ2) is 7.42. The number of carbonyl (C=O) groups is 1. The largest absolute Gasteiger partial charge is 0.339 e. The number of rotatable bonds is 3. The van der Waals surface area contributed by atoms with Crippen LogP contribution >= 0.6 is 0 Å².